The van der Waals surface area contributed by atoms with Crippen molar-refractivity contribution in [1.82, 2.24) is 4.90 Å². The molecule has 1 aliphatic heterocycles. The van der Waals surface area contributed by atoms with Crippen molar-refractivity contribution < 1.29 is 14.9 Å². The molecule has 1 fully saturated rings. The van der Waals surface area contributed by atoms with Gasteiger partial charge in [-0.1, -0.05) is 0 Å². The zero-order valence-electron chi connectivity index (χ0n) is 8.81. The maximum atomic E-state index is 9.36. The van der Waals surface area contributed by atoms with Crippen LogP contribution in [-0.4, -0.2) is 47.3 Å². The number of benzene rings is 1. The summed E-state index contributed by atoms with van der Waals surface area (Å²) in [7, 11) is 0. The van der Waals surface area contributed by atoms with E-state index in [1.165, 1.54) is 12.1 Å². The van der Waals surface area contributed by atoms with Crippen LogP contribution in [0.15, 0.2) is 18.2 Å². The zero-order valence-corrected chi connectivity index (χ0v) is 8.81. The molecule has 86 valence electrons. The molecule has 0 unspecified atom stereocenters. The highest BCUT2D eigenvalue weighted by atomic mass is 16.5. The number of phenols is 2. The van der Waals surface area contributed by atoms with Crippen molar-refractivity contribution in [2.24, 2.45) is 0 Å². The van der Waals surface area contributed by atoms with Crippen molar-refractivity contribution in [3.05, 3.63) is 23.8 Å². The fourth-order valence-electron chi connectivity index (χ4n) is 1.64. The van der Waals surface area contributed by atoms with Gasteiger partial charge < -0.3 is 19.8 Å². The number of hydrogen-bond acceptors (Lipinski definition) is 4. The van der Waals surface area contributed by atoms with Crippen molar-refractivity contribution >= 4 is 5.84 Å². The number of aromatic hydroxyl groups is 2. The minimum Gasteiger partial charge on any atom is -0.504 e. The molecule has 0 saturated carbocycles. The number of amidine groups is 1. The van der Waals surface area contributed by atoms with Gasteiger partial charge in [-0.2, -0.15) is 0 Å². The van der Waals surface area contributed by atoms with Gasteiger partial charge in [-0.25, -0.2) is 0 Å². The first-order chi connectivity index (χ1) is 7.68. The summed E-state index contributed by atoms with van der Waals surface area (Å²) in [6.45, 7) is 2.60. The SMILES string of the molecule is N=C(c1ccc(O)c(O)c1)N1CCOCC1. The van der Waals surface area contributed by atoms with Crippen LogP contribution in [0, 0.1) is 5.41 Å². The summed E-state index contributed by atoms with van der Waals surface area (Å²) in [6.07, 6.45) is 0. The van der Waals surface area contributed by atoms with Crippen molar-refractivity contribution in [2.45, 2.75) is 0 Å². The maximum Gasteiger partial charge on any atom is 0.158 e. The van der Waals surface area contributed by atoms with Crippen molar-refractivity contribution in [1.29, 1.82) is 5.41 Å². The summed E-state index contributed by atoms with van der Waals surface area (Å²) >= 11 is 0. The van der Waals surface area contributed by atoms with Crippen LogP contribution in [-0.2, 0) is 4.74 Å². The van der Waals surface area contributed by atoms with E-state index in [1.807, 2.05) is 4.90 Å². The fraction of sp³-hybridized carbons (Fsp3) is 0.364. The molecule has 1 heterocycles. The van der Waals surface area contributed by atoms with Gasteiger partial charge in [-0.05, 0) is 18.2 Å². The number of hydrogen-bond donors (Lipinski definition) is 3. The molecular formula is C11H14N2O3. The normalized spacial score (nSPS) is 16.1. The Bertz CT molecular complexity index is 400. The van der Waals surface area contributed by atoms with Gasteiger partial charge in [-0.15, -0.1) is 0 Å². The molecule has 1 aromatic carbocycles. The Morgan fingerprint density at radius 2 is 1.88 bits per heavy atom. The van der Waals surface area contributed by atoms with Gasteiger partial charge >= 0.3 is 0 Å². The van der Waals surface area contributed by atoms with Gasteiger partial charge in [0.15, 0.2) is 11.5 Å². The fourth-order valence-corrected chi connectivity index (χ4v) is 1.64. The van der Waals surface area contributed by atoms with Gasteiger partial charge in [0.05, 0.1) is 13.2 Å². The number of nitrogens with zero attached hydrogens (tertiary/aromatic N) is 1. The highest BCUT2D eigenvalue weighted by Crippen LogP contribution is 2.25. The Kier molecular flexibility index (Phi) is 2.96. The lowest BCUT2D eigenvalue weighted by atomic mass is 10.1. The van der Waals surface area contributed by atoms with E-state index in [0.717, 1.165) is 0 Å². The third-order valence-electron chi connectivity index (χ3n) is 2.58. The molecule has 0 bridgehead atoms. The number of phenolic OH excluding ortho intramolecular Hbond substituents is 2. The van der Waals surface area contributed by atoms with Gasteiger partial charge in [-0.3, -0.25) is 5.41 Å². The van der Waals surface area contributed by atoms with Gasteiger partial charge in [0.25, 0.3) is 0 Å². The first-order valence-corrected chi connectivity index (χ1v) is 5.12. The summed E-state index contributed by atoms with van der Waals surface area (Å²) in [6, 6.07) is 4.40. The first-order valence-electron chi connectivity index (χ1n) is 5.12. The Hall–Kier alpha value is -1.75. The second kappa shape index (κ2) is 4.40. The van der Waals surface area contributed by atoms with Crippen molar-refractivity contribution in [3.63, 3.8) is 0 Å². The molecule has 1 aromatic rings. The van der Waals surface area contributed by atoms with E-state index in [-0.39, 0.29) is 11.5 Å². The van der Waals surface area contributed by atoms with Crippen LogP contribution in [0.25, 0.3) is 0 Å². The third-order valence-corrected chi connectivity index (χ3v) is 2.58. The van der Waals surface area contributed by atoms with Gasteiger partial charge in [0.1, 0.15) is 5.84 Å². The van der Waals surface area contributed by atoms with E-state index in [2.05, 4.69) is 0 Å². The lowest BCUT2D eigenvalue weighted by Crippen LogP contribution is -2.40. The summed E-state index contributed by atoms with van der Waals surface area (Å²) in [5.74, 6) is -0.0207. The average Bonchev–Trinajstić information content (AvgIpc) is 2.33. The van der Waals surface area contributed by atoms with Crippen LogP contribution < -0.4 is 0 Å². The van der Waals surface area contributed by atoms with E-state index in [1.54, 1.807) is 6.07 Å². The molecule has 0 amide bonds. The zero-order chi connectivity index (χ0) is 11.5. The Balaban J connectivity index is 2.16. The molecule has 1 aliphatic rings. The number of rotatable bonds is 1. The van der Waals surface area contributed by atoms with Crippen LogP contribution in [0.1, 0.15) is 5.56 Å². The lowest BCUT2D eigenvalue weighted by molar-refractivity contribution is 0.0680. The molecule has 16 heavy (non-hydrogen) atoms. The summed E-state index contributed by atoms with van der Waals surface area (Å²) in [5.41, 5.74) is 0.595. The highest BCUT2D eigenvalue weighted by molar-refractivity contribution is 5.97. The van der Waals surface area contributed by atoms with E-state index >= 15 is 0 Å². The largest absolute Gasteiger partial charge is 0.504 e. The van der Waals surface area contributed by atoms with Crippen LogP contribution >= 0.6 is 0 Å². The summed E-state index contributed by atoms with van der Waals surface area (Å²) in [4.78, 5) is 1.88. The quantitative estimate of drug-likeness (QED) is 0.372. The predicted octanol–water partition coefficient (Wildman–Crippen LogP) is 0.755. The van der Waals surface area contributed by atoms with Gasteiger partial charge in [0.2, 0.25) is 0 Å². The average molecular weight is 222 g/mol. The van der Waals surface area contributed by atoms with Gasteiger partial charge in [0, 0.05) is 18.7 Å². The van der Waals surface area contributed by atoms with E-state index in [9.17, 15) is 10.2 Å². The molecule has 2 rings (SSSR count). The molecule has 0 atom stereocenters. The molecule has 0 aromatic heterocycles. The first kappa shape index (κ1) is 10.8. The molecule has 0 aliphatic carbocycles. The van der Waals surface area contributed by atoms with Crippen LogP contribution in [0.2, 0.25) is 0 Å². The Morgan fingerprint density at radius 3 is 2.50 bits per heavy atom. The smallest absolute Gasteiger partial charge is 0.158 e. The van der Waals surface area contributed by atoms with E-state index < -0.39 is 0 Å². The second-order valence-corrected chi connectivity index (χ2v) is 3.65. The lowest BCUT2D eigenvalue weighted by Gasteiger charge is -2.29. The third kappa shape index (κ3) is 2.09. The second-order valence-electron chi connectivity index (χ2n) is 3.65. The molecule has 5 heteroatoms. The Morgan fingerprint density at radius 1 is 1.19 bits per heavy atom. The van der Waals surface area contributed by atoms with Crippen LogP contribution in [0.4, 0.5) is 0 Å². The maximum absolute atomic E-state index is 9.36. The van der Waals surface area contributed by atoms with Crippen molar-refractivity contribution in [3.8, 4) is 11.5 Å². The number of ether oxygens (including phenoxy) is 1. The van der Waals surface area contributed by atoms with Crippen LogP contribution in [0.3, 0.4) is 0 Å². The monoisotopic (exact) mass is 222 g/mol. The molecule has 0 spiro atoms. The van der Waals surface area contributed by atoms with Crippen LogP contribution in [0.5, 0.6) is 11.5 Å². The summed E-state index contributed by atoms with van der Waals surface area (Å²) < 4.78 is 5.20. The van der Waals surface area contributed by atoms with E-state index in [0.29, 0.717) is 37.7 Å². The standard InChI is InChI=1S/C11H14N2O3/c12-11(13-3-5-16-6-4-13)8-1-2-9(14)10(15)7-8/h1-2,7,12,14-15H,3-6H2. The molecular weight excluding hydrogens is 208 g/mol. The van der Waals surface area contributed by atoms with Crippen molar-refractivity contribution in [2.75, 3.05) is 26.3 Å². The topological polar surface area (TPSA) is 76.8 Å². The minimum absolute atomic E-state index is 0.168. The Labute approximate surface area is 93.4 Å². The summed E-state index contributed by atoms with van der Waals surface area (Å²) in [5, 5.41) is 26.5. The minimum atomic E-state index is -0.199. The number of nitrogens with one attached hydrogen (secondary N) is 1. The molecule has 1 saturated heterocycles. The highest BCUT2D eigenvalue weighted by Gasteiger charge is 2.16. The number of morpholine rings is 1. The van der Waals surface area contributed by atoms with E-state index in [4.69, 9.17) is 10.1 Å². The molecule has 3 N–H and O–H groups in total. The predicted molar refractivity (Wildman–Crippen MR) is 59.0 cm³/mol. The molecule has 0 radical (unpaired) electrons. The molecule has 5 nitrogen and oxygen atoms in total.